The lowest BCUT2D eigenvalue weighted by Crippen LogP contribution is -2.26. The molecule has 1 aromatic carbocycles. The van der Waals surface area contributed by atoms with E-state index in [1.54, 1.807) is 31.1 Å². The highest BCUT2D eigenvalue weighted by Gasteiger charge is 2.29. The number of methoxy groups -OCH3 is 2. The zero-order valence-corrected chi connectivity index (χ0v) is 17.1. The summed E-state index contributed by atoms with van der Waals surface area (Å²) in [5, 5.41) is 7.58. The van der Waals surface area contributed by atoms with Crippen LogP contribution in [0.5, 0.6) is 17.4 Å². The van der Waals surface area contributed by atoms with Gasteiger partial charge in [-0.25, -0.2) is 9.50 Å². The lowest BCUT2D eigenvalue weighted by molar-refractivity contribution is -0.119. The molecule has 8 nitrogen and oxygen atoms in total. The number of carbonyl (C=O) groups is 1. The van der Waals surface area contributed by atoms with E-state index >= 15 is 0 Å². The van der Waals surface area contributed by atoms with E-state index in [1.165, 1.54) is 0 Å². The van der Waals surface area contributed by atoms with Crippen molar-refractivity contribution in [3.63, 3.8) is 0 Å². The summed E-state index contributed by atoms with van der Waals surface area (Å²) >= 11 is 6.32. The van der Waals surface area contributed by atoms with Gasteiger partial charge in [0.1, 0.15) is 11.6 Å². The highest BCUT2D eigenvalue weighted by atomic mass is 35.5. The molecule has 3 aromatic rings. The number of nitrogens with one attached hydrogen (secondary N) is 1. The van der Waals surface area contributed by atoms with Crippen LogP contribution in [0.3, 0.4) is 0 Å². The number of aromatic nitrogens is 3. The molecule has 2 aromatic heterocycles. The van der Waals surface area contributed by atoms with Crippen LogP contribution >= 0.6 is 11.6 Å². The molecule has 1 fully saturated rings. The topological polar surface area (TPSA) is 87.0 Å². The molecule has 0 spiro atoms. The molecular weight excluding hydrogens is 396 g/mol. The quantitative estimate of drug-likeness (QED) is 0.664. The Hall–Kier alpha value is -3.00. The third-order valence-electron chi connectivity index (χ3n) is 5.07. The summed E-state index contributed by atoms with van der Waals surface area (Å²) in [5.74, 6) is 1.69. The van der Waals surface area contributed by atoms with Gasteiger partial charge in [0.15, 0.2) is 11.5 Å². The largest absolute Gasteiger partial charge is 0.493 e. The number of nitrogens with zero attached hydrogens (tertiary/aromatic N) is 3. The number of ether oxygens (including phenoxy) is 3. The van der Waals surface area contributed by atoms with Gasteiger partial charge in [0.25, 0.3) is 0 Å². The summed E-state index contributed by atoms with van der Waals surface area (Å²) < 4.78 is 18.5. The molecule has 2 atom stereocenters. The highest BCUT2D eigenvalue weighted by molar-refractivity contribution is 6.34. The fourth-order valence-electron chi connectivity index (χ4n) is 3.39. The molecule has 9 heteroatoms. The minimum atomic E-state index is -0.225. The number of carbonyl (C=O) groups excluding carboxylic acids is 1. The van der Waals surface area contributed by atoms with Crippen LogP contribution in [0.25, 0.3) is 16.8 Å². The van der Waals surface area contributed by atoms with Gasteiger partial charge < -0.3 is 19.5 Å². The maximum absolute atomic E-state index is 11.5. The summed E-state index contributed by atoms with van der Waals surface area (Å²) in [7, 11) is 3.17. The van der Waals surface area contributed by atoms with Crippen molar-refractivity contribution < 1.29 is 19.0 Å². The van der Waals surface area contributed by atoms with Crippen molar-refractivity contribution in [2.45, 2.75) is 19.4 Å². The van der Waals surface area contributed by atoms with Crippen LogP contribution in [-0.2, 0) is 4.79 Å². The van der Waals surface area contributed by atoms with Crippen molar-refractivity contribution in [2.75, 3.05) is 20.8 Å². The molecule has 152 valence electrons. The van der Waals surface area contributed by atoms with Gasteiger partial charge in [-0.2, -0.15) is 5.10 Å². The van der Waals surface area contributed by atoms with Crippen LogP contribution in [0, 0.1) is 5.92 Å². The smallest absolute Gasteiger partial charge is 0.242 e. The summed E-state index contributed by atoms with van der Waals surface area (Å²) in [6.45, 7) is 2.51. The van der Waals surface area contributed by atoms with Gasteiger partial charge in [0.2, 0.25) is 11.8 Å². The maximum Gasteiger partial charge on any atom is 0.242 e. The summed E-state index contributed by atoms with van der Waals surface area (Å²) in [6, 6.07) is 5.54. The van der Waals surface area contributed by atoms with Crippen molar-refractivity contribution in [1.82, 2.24) is 19.9 Å². The van der Waals surface area contributed by atoms with Crippen LogP contribution in [0.1, 0.15) is 13.3 Å². The van der Waals surface area contributed by atoms with E-state index in [1.807, 2.05) is 25.1 Å². The monoisotopic (exact) mass is 416 g/mol. The molecule has 0 bridgehead atoms. The minimum absolute atomic E-state index is 0.0324. The molecule has 1 amide bonds. The van der Waals surface area contributed by atoms with Gasteiger partial charge in [-0.1, -0.05) is 11.6 Å². The first-order valence-corrected chi connectivity index (χ1v) is 9.57. The SMILES string of the molecule is COc1ccc(-c2cn3ncc(Cl)c3c(O[C@H](C)C3CNC(=O)C3)n2)cc1OC. The number of hydrogen-bond acceptors (Lipinski definition) is 6. The van der Waals surface area contributed by atoms with E-state index in [9.17, 15) is 4.79 Å². The normalized spacial score (nSPS) is 17.2. The van der Waals surface area contributed by atoms with Crippen LogP contribution in [-0.4, -0.2) is 47.4 Å². The van der Waals surface area contributed by atoms with Crippen molar-refractivity contribution in [1.29, 1.82) is 0 Å². The standard InChI is InChI=1S/C20H21ClN4O4/c1-11(13-7-18(26)22-8-13)29-20-19-14(21)9-23-25(19)10-15(24-20)12-4-5-16(27-2)17(6-12)28-3/h4-6,9-11,13H,7-8H2,1-3H3,(H,22,26)/t11-,13?/m1/s1. The van der Waals surface area contributed by atoms with Crippen molar-refractivity contribution >= 4 is 23.0 Å². The summed E-state index contributed by atoms with van der Waals surface area (Å²) in [5.41, 5.74) is 2.03. The Kier molecular flexibility index (Phi) is 5.19. The Labute approximate surface area is 172 Å². The van der Waals surface area contributed by atoms with Gasteiger partial charge >= 0.3 is 0 Å². The Balaban J connectivity index is 1.74. The van der Waals surface area contributed by atoms with E-state index in [0.29, 0.717) is 46.6 Å². The number of hydrogen-bond donors (Lipinski definition) is 1. The Morgan fingerprint density at radius 2 is 2.07 bits per heavy atom. The third-order valence-corrected chi connectivity index (χ3v) is 5.35. The first kappa shape index (κ1) is 19.3. The van der Waals surface area contributed by atoms with Crippen molar-refractivity contribution in [2.24, 2.45) is 5.92 Å². The van der Waals surface area contributed by atoms with E-state index in [2.05, 4.69) is 10.4 Å². The number of halogens is 1. The predicted octanol–water partition coefficient (Wildman–Crippen LogP) is 2.97. The molecule has 4 rings (SSSR count). The summed E-state index contributed by atoms with van der Waals surface area (Å²) in [6.07, 6.45) is 3.53. The second kappa shape index (κ2) is 7.79. The molecule has 1 unspecified atom stereocenters. The van der Waals surface area contributed by atoms with Crippen LogP contribution in [0.2, 0.25) is 5.02 Å². The van der Waals surface area contributed by atoms with Crippen molar-refractivity contribution in [3.8, 4) is 28.6 Å². The zero-order chi connectivity index (χ0) is 20.5. The maximum atomic E-state index is 11.5. The van der Waals surface area contributed by atoms with Gasteiger partial charge in [-0.3, -0.25) is 4.79 Å². The van der Waals surface area contributed by atoms with Crippen LogP contribution < -0.4 is 19.5 Å². The van der Waals surface area contributed by atoms with Crippen LogP contribution in [0.15, 0.2) is 30.6 Å². The number of amides is 1. The average molecular weight is 417 g/mol. The fourth-order valence-corrected chi connectivity index (χ4v) is 3.61. The average Bonchev–Trinajstić information content (AvgIpc) is 3.33. The van der Waals surface area contributed by atoms with E-state index in [0.717, 1.165) is 5.56 Å². The molecule has 29 heavy (non-hydrogen) atoms. The van der Waals surface area contributed by atoms with E-state index in [4.69, 9.17) is 30.8 Å². The van der Waals surface area contributed by atoms with Crippen molar-refractivity contribution in [3.05, 3.63) is 35.6 Å². The zero-order valence-electron chi connectivity index (χ0n) is 16.3. The first-order chi connectivity index (χ1) is 14.0. The van der Waals surface area contributed by atoms with Gasteiger partial charge in [-0.15, -0.1) is 0 Å². The van der Waals surface area contributed by atoms with Crippen LogP contribution in [0.4, 0.5) is 0 Å². The highest BCUT2D eigenvalue weighted by Crippen LogP contribution is 2.34. The predicted molar refractivity (Wildman–Crippen MR) is 108 cm³/mol. The Morgan fingerprint density at radius 1 is 1.28 bits per heavy atom. The van der Waals surface area contributed by atoms with Gasteiger partial charge in [0.05, 0.1) is 37.3 Å². The Bertz CT molecular complexity index is 1070. The Morgan fingerprint density at radius 3 is 2.76 bits per heavy atom. The molecule has 1 aliphatic heterocycles. The van der Waals surface area contributed by atoms with E-state index < -0.39 is 0 Å². The molecule has 3 heterocycles. The lowest BCUT2D eigenvalue weighted by Gasteiger charge is -2.20. The van der Waals surface area contributed by atoms with Gasteiger partial charge in [-0.05, 0) is 25.1 Å². The molecule has 1 saturated heterocycles. The minimum Gasteiger partial charge on any atom is -0.493 e. The fraction of sp³-hybridized carbons (Fsp3) is 0.350. The first-order valence-electron chi connectivity index (χ1n) is 9.19. The molecular formula is C20H21ClN4O4. The molecule has 0 aliphatic carbocycles. The van der Waals surface area contributed by atoms with Gasteiger partial charge in [0, 0.05) is 24.4 Å². The second-order valence-electron chi connectivity index (χ2n) is 6.88. The van der Waals surface area contributed by atoms with E-state index in [-0.39, 0.29) is 17.9 Å². The lowest BCUT2D eigenvalue weighted by atomic mass is 10.0. The second-order valence-corrected chi connectivity index (χ2v) is 7.29. The third kappa shape index (κ3) is 3.67. The number of benzene rings is 1. The summed E-state index contributed by atoms with van der Waals surface area (Å²) in [4.78, 5) is 16.2. The molecule has 0 saturated carbocycles. The number of rotatable bonds is 6. The molecule has 1 N–H and O–H groups in total. The number of fused-ring (bicyclic) bond motifs is 1. The molecule has 0 radical (unpaired) electrons. The molecule has 1 aliphatic rings.